The SMILES string of the molecule is Cc1ccc(NCC(=O)NNC(=O)C[C@H]2C[C@@H]3CC[C@@H]2C3)c(C)c1. The quantitative estimate of drug-likeness (QED) is 0.728. The summed E-state index contributed by atoms with van der Waals surface area (Å²) in [4.78, 5) is 23.9. The van der Waals surface area contributed by atoms with E-state index in [2.05, 4.69) is 22.2 Å². The van der Waals surface area contributed by atoms with E-state index in [1.165, 1.54) is 31.2 Å². The Morgan fingerprint density at radius 3 is 2.54 bits per heavy atom. The van der Waals surface area contributed by atoms with E-state index in [0.29, 0.717) is 12.3 Å². The first-order chi connectivity index (χ1) is 11.5. The van der Waals surface area contributed by atoms with Gasteiger partial charge in [-0.1, -0.05) is 24.1 Å². The summed E-state index contributed by atoms with van der Waals surface area (Å²) in [6.07, 6.45) is 5.62. The molecule has 0 heterocycles. The molecule has 5 nitrogen and oxygen atoms in total. The summed E-state index contributed by atoms with van der Waals surface area (Å²) < 4.78 is 0. The first kappa shape index (κ1) is 16.8. The van der Waals surface area contributed by atoms with E-state index >= 15 is 0 Å². The molecule has 1 aromatic rings. The minimum atomic E-state index is -0.240. The fourth-order valence-electron chi connectivity index (χ4n) is 4.29. The van der Waals surface area contributed by atoms with Crippen LogP contribution in [-0.2, 0) is 9.59 Å². The van der Waals surface area contributed by atoms with Gasteiger partial charge < -0.3 is 5.32 Å². The maximum absolute atomic E-state index is 12.0. The number of hydrazine groups is 1. The molecular formula is C19H27N3O2. The maximum Gasteiger partial charge on any atom is 0.257 e. The third-order valence-electron chi connectivity index (χ3n) is 5.49. The van der Waals surface area contributed by atoms with Gasteiger partial charge in [0.2, 0.25) is 5.91 Å². The highest BCUT2D eigenvalue weighted by atomic mass is 16.2. The highest BCUT2D eigenvalue weighted by Crippen LogP contribution is 2.49. The molecule has 3 rings (SSSR count). The molecule has 0 radical (unpaired) electrons. The van der Waals surface area contributed by atoms with Crippen molar-refractivity contribution in [3.8, 4) is 0 Å². The monoisotopic (exact) mass is 329 g/mol. The third kappa shape index (κ3) is 4.08. The second-order valence-electron chi connectivity index (χ2n) is 7.41. The Morgan fingerprint density at radius 1 is 1.08 bits per heavy atom. The lowest BCUT2D eigenvalue weighted by atomic mass is 9.86. The molecule has 5 heteroatoms. The number of carbonyl (C=O) groups is 2. The predicted molar refractivity (Wildman–Crippen MR) is 94.2 cm³/mol. The van der Waals surface area contributed by atoms with Crippen molar-refractivity contribution in [3.63, 3.8) is 0 Å². The molecule has 2 fully saturated rings. The van der Waals surface area contributed by atoms with Crippen LogP contribution >= 0.6 is 0 Å². The number of rotatable bonds is 5. The van der Waals surface area contributed by atoms with Gasteiger partial charge in [0.25, 0.3) is 5.91 Å². The molecule has 2 amide bonds. The highest BCUT2D eigenvalue weighted by Gasteiger charge is 2.40. The van der Waals surface area contributed by atoms with Gasteiger partial charge in [-0.25, -0.2) is 0 Å². The second kappa shape index (κ2) is 7.24. The van der Waals surface area contributed by atoms with E-state index < -0.39 is 0 Å². The van der Waals surface area contributed by atoms with E-state index in [-0.39, 0.29) is 18.4 Å². The summed E-state index contributed by atoms with van der Waals surface area (Å²) in [6.45, 7) is 4.18. The Bertz CT molecular complexity index is 629. The smallest absolute Gasteiger partial charge is 0.257 e. The Kier molecular flexibility index (Phi) is 5.07. The minimum Gasteiger partial charge on any atom is -0.376 e. The van der Waals surface area contributed by atoms with Crippen molar-refractivity contribution < 1.29 is 9.59 Å². The molecule has 2 saturated carbocycles. The lowest BCUT2D eigenvalue weighted by molar-refractivity contribution is -0.128. The van der Waals surface area contributed by atoms with Crippen LogP contribution in [0.1, 0.15) is 43.2 Å². The summed E-state index contributed by atoms with van der Waals surface area (Å²) in [7, 11) is 0. The number of amides is 2. The fraction of sp³-hybridized carbons (Fsp3) is 0.579. The van der Waals surface area contributed by atoms with Gasteiger partial charge in [0.05, 0.1) is 6.54 Å². The number of aryl methyl sites for hydroxylation is 2. The Labute approximate surface area is 143 Å². The minimum absolute atomic E-state index is 0.0765. The molecule has 3 atom stereocenters. The Morgan fingerprint density at radius 2 is 1.88 bits per heavy atom. The van der Waals surface area contributed by atoms with Crippen molar-refractivity contribution in [2.24, 2.45) is 17.8 Å². The molecule has 3 N–H and O–H groups in total. The summed E-state index contributed by atoms with van der Waals surface area (Å²) in [5.41, 5.74) is 8.28. The molecular weight excluding hydrogens is 302 g/mol. The van der Waals surface area contributed by atoms with Crippen molar-refractivity contribution in [2.75, 3.05) is 11.9 Å². The largest absolute Gasteiger partial charge is 0.376 e. The van der Waals surface area contributed by atoms with Crippen LogP contribution in [0, 0.1) is 31.6 Å². The lowest BCUT2D eigenvalue weighted by Crippen LogP contribution is -2.44. The molecule has 1 aromatic carbocycles. The first-order valence-electron chi connectivity index (χ1n) is 8.90. The standard InChI is InChI=1S/C19H27N3O2/c1-12-3-6-17(13(2)7-12)20-11-19(24)22-21-18(23)10-16-9-14-4-5-15(16)8-14/h3,6-7,14-16,20H,4-5,8-11H2,1-2H3,(H,21,23)(H,22,24)/t14-,15-,16-/m1/s1. The summed E-state index contributed by atoms with van der Waals surface area (Å²) in [5.74, 6) is 1.75. The Balaban J connectivity index is 1.37. The Hall–Kier alpha value is -2.04. The zero-order chi connectivity index (χ0) is 17.1. The molecule has 2 aliphatic rings. The first-order valence-corrected chi connectivity index (χ1v) is 8.90. The molecule has 0 unspecified atom stereocenters. The third-order valence-corrected chi connectivity index (χ3v) is 5.49. The van der Waals surface area contributed by atoms with Gasteiger partial charge in [0.15, 0.2) is 0 Å². The number of hydrogen-bond donors (Lipinski definition) is 3. The van der Waals surface area contributed by atoms with Gasteiger partial charge in [-0.3, -0.25) is 20.4 Å². The summed E-state index contributed by atoms with van der Waals surface area (Å²) in [6, 6.07) is 6.04. The molecule has 0 spiro atoms. The van der Waals surface area contributed by atoms with E-state index in [1.807, 2.05) is 26.0 Å². The molecule has 24 heavy (non-hydrogen) atoms. The van der Waals surface area contributed by atoms with E-state index in [0.717, 1.165) is 23.1 Å². The lowest BCUT2D eigenvalue weighted by Gasteiger charge is -2.21. The number of hydrogen-bond acceptors (Lipinski definition) is 3. The molecule has 2 bridgehead atoms. The van der Waals surface area contributed by atoms with Crippen LogP contribution in [0.2, 0.25) is 0 Å². The van der Waals surface area contributed by atoms with Crippen molar-refractivity contribution in [3.05, 3.63) is 29.3 Å². The average Bonchev–Trinajstić information content (AvgIpc) is 3.15. The summed E-state index contributed by atoms with van der Waals surface area (Å²) >= 11 is 0. The summed E-state index contributed by atoms with van der Waals surface area (Å²) in [5, 5.41) is 3.10. The zero-order valence-corrected chi connectivity index (χ0v) is 14.5. The number of anilines is 1. The van der Waals surface area contributed by atoms with Crippen molar-refractivity contribution in [1.82, 2.24) is 10.9 Å². The van der Waals surface area contributed by atoms with E-state index in [1.54, 1.807) is 0 Å². The van der Waals surface area contributed by atoms with E-state index in [4.69, 9.17) is 0 Å². The zero-order valence-electron chi connectivity index (χ0n) is 14.5. The van der Waals surface area contributed by atoms with Crippen LogP contribution in [0.3, 0.4) is 0 Å². The second-order valence-corrected chi connectivity index (χ2v) is 7.41. The van der Waals surface area contributed by atoms with Crippen molar-refractivity contribution >= 4 is 17.5 Å². The van der Waals surface area contributed by atoms with Crippen LogP contribution in [0.4, 0.5) is 5.69 Å². The number of fused-ring (bicyclic) bond motifs is 2. The number of nitrogens with one attached hydrogen (secondary N) is 3. The van der Waals surface area contributed by atoms with Gasteiger partial charge in [-0.05, 0) is 62.5 Å². The van der Waals surface area contributed by atoms with Crippen LogP contribution < -0.4 is 16.2 Å². The fourth-order valence-corrected chi connectivity index (χ4v) is 4.29. The van der Waals surface area contributed by atoms with Crippen LogP contribution in [-0.4, -0.2) is 18.4 Å². The van der Waals surface area contributed by atoms with Crippen LogP contribution in [0.5, 0.6) is 0 Å². The van der Waals surface area contributed by atoms with Crippen LogP contribution in [0.25, 0.3) is 0 Å². The van der Waals surface area contributed by atoms with Gasteiger partial charge in [0, 0.05) is 12.1 Å². The predicted octanol–water partition coefficient (Wildman–Crippen LogP) is 2.69. The number of carbonyl (C=O) groups excluding carboxylic acids is 2. The highest BCUT2D eigenvalue weighted by molar-refractivity contribution is 5.84. The molecule has 0 aromatic heterocycles. The van der Waals surface area contributed by atoms with E-state index in [9.17, 15) is 9.59 Å². The number of benzene rings is 1. The van der Waals surface area contributed by atoms with Gasteiger partial charge in [-0.2, -0.15) is 0 Å². The molecule has 0 saturated heterocycles. The van der Waals surface area contributed by atoms with Crippen molar-refractivity contribution in [1.29, 1.82) is 0 Å². The maximum atomic E-state index is 12.0. The van der Waals surface area contributed by atoms with Crippen LogP contribution in [0.15, 0.2) is 18.2 Å². The topological polar surface area (TPSA) is 70.2 Å². The molecule has 2 aliphatic carbocycles. The molecule has 0 aliphatic heterocycles. The van der Waals surface area contributed by atoms with Gasteiger partial charge in [-0.15, -0.1) is 0 Å². The van der Waals surface area contributed by atoms with Gasteiger partial charge >= 0.3 is 0 Å². The average molecular weight is 329 g/mol. The normalized spacial score (nSPS) is 24.7. The molecule has 130 valence electrons. The van der Waals surface area contributed by atoms with Gasteiger partial charge in [0.1, 0.15) is 0 Å². The van der Waals surface area contributed by atoms with Crippen molar-refractivity contribution in [2.45, 2.75) is 46.0 Å².